The van der Waals surface area contributed by atoms with Gasteiger partial charge < -0.3 is 25.2 Å². The van der Waals surface area contributed by atoms with E-state index in [4.69, 9.17) is 14.9 Å². The minimum atomic E-state index is -1.41. The maximum Gasteiger partial charge on any atom is 0.331 e. The second kappa shape index (κ2) is 7.08. The summed E-state index contributed by atoms with van der Waals surface area (Å²) in [5.41, 5.74) is 0.526. The van der Waals surface area contributed by atoms with Crippen molar-refractivity contribution in [3.63, 3.8) is 0 Å². The van der Waals surface area contributed by atoms with Gasteiger partial charge in [-0.1, -0.05) is 12.1 Å². The highest BCUT2D eigenvalue weighted by molar-refractivity contribution is 5.88. The third-order valence-corrected chi connectivity index (χ3v) is 3.37. The largest absolute Gasteiger partial charge is 0.508 e. The quantitative estimate of drug-likeness (QED) is 0.469. The number of hydrogen-bond acceptors (Lipinski definition) is 6. The highest BCUT2D eigenvalue weighted by Gasteiger charge is 2.35. The van der Waals surface area contributed by atoms with E-state index in [1.807, 2.05) is 0 Å². The predicted octanol–water partition coefficient (Wildman–Crippen LogP) is 0.454. The molecule has 0 fully saturated rings. The third kappa shape index (κ3) is 4.41. The lowest BCUT2D eigenvalue weighted by Gasteiger charge is -2.29. The Labute approximate surface area is 131 Å². The van der Waals surface area contributed by atoms with Gasteiger partial charge in [0.2, 0.25) is 0 Å². The first-order valence-electron chi connectivity index (χ1n) is 6.84. The van der Waals surface area contributed by atoms with Crippen molar-refractivity contribution in [1.82, 2.24) is 0 Å². The molecule has 0 spiro atoms. The molecule has 1 aromatic rings. The fourth-order valence-electron chi connectivity index (χ4n) is 2.14. The van der Waals surface area contributed by atoms with Crippen LogP contribution < -0.4 is 0 Å². The van der Waals surface area contributed by atoms with Gasteiger partial charge in [0.25, 0.3) is 0 Å². The van der Waals surface area contributed by atoms with Crippen LogP contribution in [-0.2, 0) is 14.3 Å². The molecule has 0 amide bonds. The van der Waals surface area contributed by atoms with Gasteiger partial charge in [-0.2, -0.15) is 0 Å². The van der Waals surface area contributed by atoms with Crippen molar-refractivity contribution in [3.8, 4) is 5.75 Å². The zero-order chi connectivity index (χ0) is 17.0. The van der Waals surface area contributed by atoms with E-state index in [0.717, 1.165) is 12.2 Å². The van der Waals surface area contributed by atoms with Crippen LogP contribution in [0.15, 0.2) is 42.0 Å². The molecule has 3 unspecified atom stereocenters. The van der Waals surface area contributed by atoms with Crippen LogP contribution in [0.25, 0.3) is 6.08 Å². The van der Waals surface area contributed by atoms with Crippen LogP contribution in [0.2, 0.25) is 0 Å². The molecule has 7 heteroatoms. The van der Waals surface area contributed by atoms with Crippen LogP contribution in [0.3, 0.4) is 0 Å². The molecule has 3 atom stereocenters. The lowest BCUT2D eigenvalue weighted by Crippen LogP contribution is -2.43. The van der Waals surface area contributed by atoms with Gasteiger partial charge in [0.05, 0.1) is 0 Å². The standard InChI is InChI=1S/C16H16O7/c17-11-4-1-9(2-5-11)3-6-14(19)23-13-8-10(16(21)22)7-12(18)15(13)20/h1-7,12-13,15,17-18,20H,8H2,(H,21,22)/b6-3+. The fourth-order valence-corrected chi connectivity index (χ4v) is 2.14. The summed E-state index contributed by atoms with van der Waals surface area (Å²) < 4.78 is 5.01. The number of rotatable bonds is 4. The fraction of sp³-hybridized carbons (Fsp3) is 0.250. The third-order valence-electron chi connectivity index (χ3n) is 3.37. The summed E-state index contributed by atoms with van der Waals surface area (Å²) in [7, 11) is 0. The summed E-state index contributed by atoms with van der Waals surface area (Å²) in [5.74, 6) is -1.92. The Morgan fingerprint density at radius 1 is 1.17 bits per heavy atom. The first kappa shape index (κ1) is 16.7. The van der Waals surface area contributed by atoms with Crippen LogP contribution in [-0.4, -0.2) is 50.7 Å². The maximum atomic E-state index is 11.8. The molecule has 122 valence electrons. The van der Waals surface area contributed by atoms with Gasteiger partial charge in [-0.25, -0.2) is 9.59 Å². The zero-order valence-corrected chi connectivity index (χ0v) is 12.0. The summed E-state index contributed by atoms with van der Waals surface area (Å²) in [5, 5.41) is 37.5. The normalized spacial score (nSPS) is 24.3. The second-order valence-corrected chi connectivity index (χ2v) is 5.08. The van der Waals surface area contributed by atoms with Gasteiger partial charge in [0, 0.05) is 18.1 Å². The van der Waals surface area contributed by atoms with Crippen LogP contribution in [0, 0.1) is 0 Å². The van der Waals surface area contributed by atoms with Gasteiger partial charge in [0.15, 0.2) is 0 Å². The van der Waals surface area contributed by atoms with Crippen molar-refractivity contribution < 1.29 is 34.8 Å². The number of carboxylic acid groups (broad SMARTS) is 1. The monoisotopic (exact) mass is 320 g/mol. The molecule has 0 aromatic heterocycles. The van der Waals surface area contributed by atoms with Crippen LogP contribution in [0.1, 0.15) is 12.0 Å². The smallest absolute Gasteiger partial charge is 0.331 e. The molecule has 0 aliphatic heterocycles. The average Bonchev–Trinajstić information content (AvgIpc) is 2.51. The van der Waals surface area contributed by atoms with Crippen LogP contribution >= 0.6 is 0 Å². The van der Waals surface area contributed by atoms with E-state index in [-0.39, 0.29) is 17.7 Å². The van der Waals surface area contributed by atoms with E-state index in [1.54, 1.807) is 12.1 Å². The molecule has 1 aromatic carbocycles. The molecular formula is C16H16O7. The van der Waals surface area contributed by atoms with Crippen LogP contribution in [0.5, 0.6) is 5.75 Å². The Morgan fingerprint density at radius 2 is 1.83 bits per heavy atom. The Balaban J connectivity index is 2.00. The van der Waals surface area contributed by atoms with Crippen molar-refractivity contribution in [1.29, 1.82) is 0 Å². The first-order valence-corrected chi connectivity index (χ1v) is 6.84. The molecule has 7 nitrogen and oxygen atoms in total. The lowest BCUT2D eigenvalue weighted by molar-refractivity contribution is -0.154. The van der Waals surface area contributed by atoms with E-state index in [1.165, 1.54) is 18.2 Å². The molecule has 0 radical (unpaired) electrons. The van der Waals surface area contributed by atoms with Gasteiger partial charge in [-0.3, -0.25) is 0 Å². The van der Waals surface area contributed by atoms with E-state index < -0.39 is 30.3 Å². The van der Waals surface area contributed by atoms with Crippen LogP contribution in [0.4, 0.5) is 0 Å². The van der Waals surface area contributed by atoms with Gasteiger partial charge in [-0.15, -0.1) is 0 Å². The summed E-state index contributed by atoms with van der Waals surface area (Å²) in [6, 6.07) is 6.08. The molecule has 1 aliphatic rings. The number of aromatic hydroxyl groups is 1. The number of phenols is 1. The molecule has 1 aliphatic carbocycles. The minimum absolute atomic E-state index is 0.0945. The molecule has 0 bridgehead atoms. The SMILES string of the molecule is O=C(/C=C/c1ccc(O)cc1)OC1CC(C(=O)O)=CC(O)C1O. The molecular weight excluding hydrogens is 304 g/mol. The highest BCUT2D eigenvalue weighted by atomic mass is 16.6. The van der Waals surface area contributed by atoms with Crippen molar-refractivity contribution in [2.45, 2.75) is 24.7 Å². The van der Waals surface area contributed by atoms with Gasteiger partial charge in [0.1, 0.15) is 24.1 Å². The molecule has 0 heterocycles. The number of carbonyl (C=O) groups is 2. The number of ether oxygens (including phenoxy) is 1. The Kier molecular flexibility index (Phi) is 5.15. The number of benzene rings is 1. The number of hydrogen-bond donors (Lipinski definition) is 4. The minimum Gasteiger partial charge on any atom is -0.508 e. The lowest BCUT2D eigenvalue weighted by atomic mass is 9.92. The summed E-state index contributed by atoms with van der Waals surface area (Å²) in [6.45, 7) is 0. The highest BCUT2D eigenvalue weighted by Crippen LogP contribution is 2.22. The molecule has 2 rings (SSSR count). The second-order valence-electron chi connectivity index (χ2n) is 5.08. The Morgan fingerprint density at radius 3 is 2.43 bits per heavy atom. The summed E-state index contributed by atoms with van der Waals surface area (Å²) in [6.07, 6.45) is -0.530. The van der Waals surface area contributed by atoms with Gasteiger partial charge >= 0.3 is 11.9 Å². The number of aliphatic carboxylic acids is 1. The zero-order valence-electron chi connectivity index (χ0n) is 12.0. The summed E-state index contributed by atoms with van der Waals surface area (Å²) >= 11 is 0. The van der Waals surface area contributed by atoms with E-state index in [9.17, 15) is 19.8 Å². The summed E-state index contributed by atoms with van der Waals surface area (Å²) in [4.78, 5) is 22.7. The van der Waals surface area contributed by atoms with Crippen molar-refractivity contribution in [3.05, 3.63) is 47.6 Å². The Bertz CT molecular complexity index is 645. The number of aliphatic hydroxyl groups is 2. The molecule has 0 saturated carbocycles. The number of carbonyl (C=O) groups excluding carboxylic acids is 1. The predicted molar refractivity (Wildman–Crippen MR) is 79.4 cm³/mol. The van der Waals surface area contributed by atoms with Crippen molar-refractivity contribution in [2.75, 3.05) is 0 Å². The van der Waals surface area contributed by atoms with Crippen molar-refractivity contribution >= 4 is 18.0 Å². The molecule has 4 N–H and O–H groups in total. The molecule has 23 heavy (non-hydrogen) atoms. The average molecular weight is 320 g/mol. The topological polar surface area (TPSA) is 124 Å². The maximum absolute atomic E-state index is 11.8. The number of esters is 1. The van der Waals surface area contributed by atoms with Gasteiger partial charge in [-0.05, 0) is 29.8 Å². The van der Waals surface area contributed by atoms with E-state index in [0.29, 0.717) is 5.56 Å². The molecule has 0 saturated heterocycles. The Hall–Kier alpha value is -2.64. The first-order chi connectivity index (χ1) is 10.9. The van der Waals surface area contributed by atoms with E-state index >= 15 is 0 Å². The number of carboxylic acids is 1. The van der Waals surface area contributed by atoms with Crippen molar-refractivity contribution in [2.24, 2.45) is 0 Å². The number of aliphatic hydroxyl groups excluding tert-OH is 2. The van der Waals surface area contributed by atoms with E-state index in [2.05, 4.69) is 0 Å². The number of phenolic OH excluding ortho intramolecular Hbond substituents is 1.